The highest BCUT2D eigenvalue weighted by atomic mass is 15.2. The monoisotopic (exact) mass is 252 g/mol. The van der Waals surface area contributed by atoms with Gasteiger partial charge in [-0.2, -0.15) is 0 Å². The molecule has 2 heteroatoms. The number of hydrogen-bond acceptors (Lipinski definition) is 2. The summed E-state index contributed by atoms with van der Waals surface area (Å²) in [5.41, 5.74) is 6.40. The Morgan fingerprint density at radius 2 is 1.89 bits per heavy atom. The van der Waals surface area contributed by atoms with Crippen LogP contribution in [-0.4, -0.2) is 30.1 Å². The molecule has 1 saturated carbocycles. The molecule has 2 atom stereocenters. The molecule has 2 rings (SSSR count). The Kier molecular flexibility index (Phi) is 5.08. The van der Waals surface area contributed by atoms with Gasteiger partial charge in [-0.25, -0.2) is 0 Å². The first-order valence-corrected chi connectivity index (χ1v) is 8.13. The molecule has 2 N–H and O–H groups in total. The molecule has 0 bridgehead atoms. The molecule has 1 aliphatic carbocycles. The highest BCUT2D eigenvalue weighted by molar-refractivity contribution is 4.94. The minimum Gasteiger partial charge on any atom is -0.329 e. The van der Waals surface area contributed by atoms with Gasteiger partial charge in [0.1, 0.15) is 0 Å². The lowest BCUT2D eigenvalue weighted by atomic mass is 9.92. The quantitative estimate of drug-likeness (QED) is 0.785. The predicted octanol–water partition coefficient (Wildman–Crippen LogP) is 3.41. The van der Waals surface area contributed by atoms with E-state index < -0.39 is 0 Å². The Hall–Kier alpha value is -0.0800. The van der Waals surface area contributed by atoms with Gasteiger partial charge >= 0.3 is 0 Å². The van der Waals surface area contributed by atoms with Gasteiger partial charge in [0.25, 0.3) is 0 Å². The molecule has 2 fully saturated rings. The fourth-order valence-corrected chi connectivity index (χ4v) is 3.69. The molecule has 2 nitrogen and oxygen atoms in total. The number of rotatable bonds is 6. The van der Waals surface area contributed by atoms with Gasteiger partial charge in [-0.1, -0.05) is 32.6 Å². The average molecular weight is 252 g/mol. The summed E-state index contributed by atoms with van der Waals surface area (Å²) >= 11 is 0. The van der Waals surface area contributed by atoms with E-state index in [4.69, 9.17) is 5.73 Å². The Morgan fingerprint density at radius 1 is 1.11 bits per heavy atom. The first-order valence-electron chi connectivity index (χ1n) is 8.13. The van der Waals surface area contributed by atoms with Crippen LogP contribution in [0.15, 0.2) is 0 Å². The van der Waals surface area contributed by atoms with Crippen LogP contribution in [-0.2, 0) is 0 Å². The van der Waals surface area contributed by atoms with Crippen LogP contribution in [0.4, 0.5) is 0 Å². The van der Waals surface area contributed by atoms with Crippen molar-refractivity contribution in [1.29, 1.82) is 0 Å². The van der Waals surface area contributed by atoms with E-state index in [2.05, 4.69) is 18.7 Å². The van der Waals surface area contributed by atoms with Crippen molar-refractivity contribution in [2.24, 2.45) is 17.6 Å². The molecule has 0 radical (unpaired) electrons. The molecule has 18 heavy (non-hydrogen) atoms. The normalized spacial score (nSPS) is 29.8. The van der Waals surface area contributed by atoms with Crippen LogP contribution in [0.3, 0.4) is 0 Å². The summed E-state index contributed by atoms with van der Waals surface area (Å²) in [5, 5.41) is 0. The Labute approximate surface area is 113 Å². The largest absolute Gasteiger partial charge is 0.329 e. The molecule has 0 aromatic heterocycles. The molecule has 0 aromatic carbocycles. The zero-order valence-electron chi connectivity index (χ0n) is 12.5. The van der Waals surface area contributed by atoms with E-state index in [0.717, 1.165) is 18.4 Å². The van der Waals surface area contributed by atoms with Crippen molar-refractivity contribution in [3.63, 3.8) is 0 Å². The van der Waals surface area contributed by atoms with Crippen molar-refractivity contribution in [2.75, 3.05) is 19.6 Å². The maximum absolute atomic E-state index is 6.12. The molecule has 1 heterocycles. The van der Waals surface area contributed by atoms with Crippen molar-refractivity contribution >= 4 is 0 Å². The summed E-state index contributed by atoms with van der Waals surface area (Å²) in [4.78, 5) is 2.72. The van der Waals surface area contributed by atoms with E-state index in [1.54, 1.807) is 0 Å². The second kappa shape index (κ2) is 6.38. The van der Waals surface area contributed by atoms with Gasteiger partial charge in [0.15, 0.2) is 0 Å². The van der Waals surface area contributed by atoms with Crippen LogP contribution in [0.5, 0.6) is 0 Å². The number of likely N-dealkylation sites (tertiary alicyclic amines) is 1. The van der Waals surface area contributed by atoms with Gasteiger partial charge in [0, 0.05) is 12.1 Å². The third-order valence-electron chi connectivity index (χ3n) is 5.17. The SMILES string of the molecule is CCCC1CCCN(C(C)(CN)CC2CC2)CC1. The molecule has 1 saturated heterocycles. The van der Waals surface area contributed by atoms with E-state index in [9.17, 15) is 0 Å². The van der Waals surface area contributed by atoms with E-state index >= 15 is 0 Å². The Bertz CT molecular complexity index is 249. The third-order valence-corrected chi connectivity index (χ3v) is 5.17. The van der Waals surface area contributed by atoms with Crippen molar-refractivity contribution in [1.82, 2.24) is 4.90 Å². The van der Waals surface area contributed by atoms with Crippen LogP contribution >= 0.6 is 0 Å². The van der Waals surface area contributed by atoms with Gasteiger partial charge in [-0.15, -0.1) is 0 Å². The maximum atomic E-state index is 6.12. The van der Waals surface area contributed by atoms with Crippen LogP contribution < -0.4 is 5.73 Å². The minimum absolute atomic E-state index is 0.280. The van der Waals surface area contributed by atoms with Crippen molar-refractivity contribution in [3.8, 4) is 0 Å². The average Bonchev–Trinajstić information content (AvgIpc) is 3.17. The molecular formula is C16H32N2. The van der Waals surface area contributed by atoms with Gasteiger partial charge in [-0.05, 0) is 57.5 Å². The fraction of sp³-hybridized carbons (Fsp3) is 1.00. The summed E-state index contributed by atoms with van der Waals surface area (Å²) in [6, 6.07) is 0. The molecule has 2 aliphatic rings. The van der Waals surface area contributed by atoms with Gasteiger partial charge in [0.2, 0.25) is 0 Å². The second-order valence-electron chi connectivity index (χ2n) is 6.92. The van der Waals surface area contributed by atoms with E-state index in [1.807, 2.05) is 0 Å². The molecule has 2 unspecified atom stereocenters. The summed E-state index contributed by atoms with van der Waals surface area (Å²) in [5.74, 6) is 1.95. The van der Waals surface area contributed by atoms with Crippen molar-refractivity contribution in [2.45, 2.75) is 70.8 Å². The van der Waals surface area contributed by atoms with Crippen LogP contribution in [0, 0.1) is 11.8 Å². The molecule has 0 amide bonds. The topological polar surface area (TPSA) is 29.3 Å². The summed E-state index contributed by atoms with van der Waals surface area (Å²) in [6.07, 6.45) is 11.2. The van der Waals surface area contributed by atoms with Crippen molar-refractivity contribution < 1.29 is 0 Å². The molecule has 1 aliphatic heterocycles. The lowest BCUT2D eigenvalue weighted by molar-refractivity contribution is 0.0984. The second-order valence-corrected chi connectivity index (χ2v) is 6.92. The number of nitrogens with zero attached hydrogens (tertiary/aromatic N) is 1. The van der Waals surface area contributed by atoms with Crippen LogP contribution in [0.2, 0.25) is 0 Å². The zero-order chi connectivity index (χ0) is 13.0. The smallest absolute Gasteiger partial charge is 0.0306 e. The van der Waals surface area contributed by atoms with E-state index in [-0.39, 0.29) is 5.54 Å². The maximum Gasteiger partial charge on any atom is 0.0306 e. The first kappa shape index (κ1) is 14.3. The van der Waals surface area contributed by atoms with E-state index in [0.29, 0.717) is 0 Å². The predicted molar refractivity (Wildman–Crippen MR) is 78.6 cm³/mol. The zero-order valence-corrected chi connectivity index (χ0v) is 12.5. The highest BCUT2D eigenvalue weighted by Crippen LogP contribution is 2.39. The van der Waals surface area contributed by atoms with Crippen molar-refractivity contribution in [3.05, 3.63) is 0 Å². The number of nitrogens with two attached hydrogens (primary N) is 1. The first-order chi connectivity index (χ1) is 8.68. The van der Waals surface area contributed by atoms with Gasteiger partial charge in [-0.3, -0.25) is 4.90 Å². The van der Waals surface area contributed by atoms with E-state index in [1.165, 1.54) is 64.5 Å². The Morgan fingerprint density at radius 3 is 2.50 bits per heavy atom. The summed E-state index contributed by atoms with van der Waals surface area (Å²) in [7, 11) is 0. The minimum atomic E-state index is 0.280. The Balaban J connectivity index is 1.89. The third kappa shape index (κ3) is 3.71. The fourth-order valence-electron chi connectivity index (χ4n) is 3.69. The highest BCUT2D eigenvalue weighted by Gasteiger charge is 2.37. The van der Waals surface area contributed by atoms with Crippen LogP contribution in [0.1, 0.15) is 65.2 Å². The standard InChI is InChI=1S/C16H32N2/c1-3-5-14-6-4-10-18(11-9-14)16(2,13-17)12-15-7-8-15/h14-15H,3-13,17H2,1-2H3. The molecule has 106 valence electrons. The lowest BCUT2D eigenvalue weighted by Crippen LogP contribution is -2.52. The molecular weight excluding hydrogens is 220 g/mol. The summed E-state index contributed by atoms with van der Waals surface area (Å²) in [6.45, 7) is 8.12. The summed E-state index contributed by atoms with van der Waals surface area (Å²) < 4.78 is 0. The van der Waals surface area contributed by atoms with Gasteiger partial charge < -0.3 is 5.73 Å². The lowest BCUT2D eigenvalue weighted by Gasteiger charge is -2.40. The van der Waals surface area contributed by atoms with Crippen LogP contribution in [0.25, 0.3) is 0 Å². The van der Waals surface area contributed by atoms with Gasteiger partial charge in [0.05, 0.1) is 0 Å². The molecule has 0 aromatic rings. The molecule has 0 spiro atoms. The number of hydrogen-bond donors (Lipinski definition) is 1.